The molecule has 0 fully saturated rings. The van der Waals surface area contributed by atoms with Crippen molar-refractivity contribution in [3.05, 3.63) is 42.4 Å². The van der Waals surface area contributed by atoms with Gasteiger partial charge in [-0.25, -0.2) is 18.4 Å². The van der Waals surface area contributed by atoms with E-state index in [9.17, 15) is 8.42 Å². The van der Waals surface area contributed by atoms with Gasteiger partial charge in [0.15, 0.2) is 14.9 Å². The van der Waals surface area contributed by atoms with Crippen LogP contribution in [-0.2, 0) is 16.3 Å². The summed E-state index contributed by atoms with van der Waals surface area (Å²) >= 11 is 0. The molecule has 0 saturated carbocycles. The molecule has 3 aromatic rings. The lowest BCUT2D eigenvalue weighted by Gasteiger charge is -2.09. The lowest BCUT2D eigenvalue weighted by atomic mass is 10.1. The quantitative estimate of drug-likeness (QED) is 0.726. The number of fused-ring (bicyclic) bond motifs is 3. The first kappa shape index (κ1) is 14.4. The summed E-state index contributed by atoms with van der Waals surface area (Å²) in [5.74, 6) is 1.15. The highest BCUT2D eigenvalue weighted by Gasteiger charge is 2.22. The molecule has 5 nitrogen and oxygen atoms in total. The lowest BCUT2D eigenvalue weighted by molar-refractivity contribution is 0.596. The first-order valence-electron chi connectivity index (χ1n) is 7.61. The average Bonchev–Trinajstić information content (AvgIpc) is 3.06. The Labute approximate surface area is 134 Å². The minimum Gasteiger partial charge on any atom is -0.325 e. The monoisotopic (exact) mass is 327 g/mol. The molecular weight excluding hydrogens is 310 g/mol. The fraction of sp³-hybridized carbons (Fsp3) is 0.294. The second-order valence-electron chi connectivity index (χ2n) is 6.15. The molecule has 0 saturated heterocycles. The summed E-state index contributed by atoms with van der Waals surface area (Å²) in [7, 11) is -3.27. The highest BCUT2D eigenvalue weighted by molar-refractivity contribution is 7.90. The lowest BCUT2D eigenvalue weighted by Crippen LogP contribution is -2.00. The van der Waals surface area contributed by atoms with E-state index in [0.717, 1.165) is 47.1 Å². The van der Waals surface area contributed by atoms with E-state index in [1.165, 1.54) is 0 Å². The minimum absolute atomic E-state index is 0.0983. The first-order valence-corrected chi connectivity index (χ1v) is 9.50. The molecule has 3 heterocycles. The summed E-state index contributed by atoms with van der Waals surface area (Å²) in [6, 6.07) is 9.97. The van der Waals surface area contributed by atoms with Crippen molar-refractivity contribution in [1.29, 1.82) is 0 Å². The van der Waals surface area contributed by atoms with Crippen LogP contribution in [0.25, 0.3) is 22.2 Å². The van der Waals surface area contributed by atoms with Crippen LogP contribution in [0.15, 0.2) is 41.6 Å². The van der Waals surface area contributed by atoms with Gasteiger partial charge in [0, 0.05) is 30.5 Å². The molecule has 0 bridgehead atoms. The van der Waals surface area contributed by atoms with E-state index in [4.69, 9.17) is 4.98 Å². The molecule has 1 atom stereocenters. The third-order valence-electron chi connectivity index (χ3n) is 4.44. The number of rotatable bonds is 2. The summed E-state index contributed by atoms with van der Waals surface area (Å²) in [5, 5.41) is 0.0983. The molecule has 0 spiro atoms. The van der Waals surface area contributed by atoms with E-state index in [1.54, 1.807) is 18.3 Å². The summed E-state index contributed by atoms with van der Waals surface area (Å²) in [6.45, 7) is 2.22. The highest BCUT2D eigenvalue weighted by Crippen LogP contribution is 2.32. The van der Waals surface area contributed by atoms with E-state index < -0.39 is 9.84 Å². The first-order chi connectivity index (χ1) is 10.9. The average molecular weight is 327 g/mol. The standard InChI is InChI=1S/C17H17N3O2S/c1-11-3-7-16-19-14-6-4-12(9-15(14)20(11)16)13-5-8-17(18-10-13)23(2,21)22/h4-6,8-11H,3,7H2,1-2H3/t11-/m0/s1. The van der Waals surface area contributed by atoms with Crippen molar-refractivity contribution in [2.75, 3.05) is 6.26 Å². The predicted octanol–water partition coefficient (Wildman–Crippen LogP) is 3.01. The number of hydrogen-bond donors (Lipinski definition) is 0. The number of hydrogen-bond acceptors (Lipinski definition) is 4. The SMILES string of the molecule is C[C@H]1CCc2nc3ccc(-c4ccc(S(C)(=O)=O)nc4)cc3n21. The molecular formula is C17H17N3O2S. The Hall–Kier alpha value is -2.21. The number of aromatic nitrogens is 3. The van der Waals surface area contributed by atoms with Gasteiger partial charge in [-0.05, 0) is 43.2 Å². The normalized spacial score (nSPS) is 17.6. The highest BCUT2D eigenvalue weighted by atomic mass is 32.2. The molecule has 1 aliphatic heterocycles. The zero-order valence-corrected chi connectivity index (χ0v) is 13.8. The molecule has 118 valence electrons. The maximum Gasteiger partial charge on any atom is 0.192 e. The largest absolute Gasteiger partial charge is 0.325 e. The van der Waals surface area contributed by atoms with Crippen molar-refractivity contribution < 1.29 is 8.42 Å². The van der Waals surface area contributed by atoms with Gasteiger partial charge in [0.25, 0.3) is 0 Å². The second-order valence-corrected chi connectivity index (χ2v) is 8.11. The molecule has 1 aromatic carbocycles. The van der Waals surface area contributed by atoms with Crippen molar-refractivity contribution in [2.24, 2.45) is 0 Å². The maximum atomic E-state index is 11.5. The van der Waals surface area contributed by atoms with E-state index in [2.05, 4.69) is 22.5 Å². The smallest absolute Gasteiger partial charge is 0.192 e. The van der Waals surface area contributed by atoms with E-state index in [0.29, 0.717) is 6.04 Å². The van der Waals surface area contributed by atoms with Gasteiger partial charge < -0.3 is 4.57 Å². The van der Waals surface area contributed by atoms with Crippen molar-refractivity contribution >= 4 is 20.9 Å². The molecule has 23 heavy (non-hydrogen) atoms. The second kappa shape index (κ2) is 4.89. The van der Waals surface area contributed by atoms with E-state index in [1.807, 2.05) is 12.1 Å². The Kier molecular flexibility index (Phi) is 3.06. The van der Waals surface area contributed by atoms with Crippen LogP contribution in [0.5, 0.6) is 0 Å². The van der Waals surface area contributed by atoms with Crippen LogP contribution in [0.2, 0.25) is 0 Å². The van der Waals surface area contributed by atoms with Crippen molar-refractivity contribution in [2.45, 2.75) is 30.8 Å². The zero-order chi connectivity index (χ0) is 16.2. The third kappa shape index (κ3) is 2.34. The number of sulfone groups is 1. The van der Waals surface area contributed by atoms with Crippen LogP contribution >= 0.6 is 0 Å². The number of benzene rings is 1. The summed E-state index contributed by atoms with van der Waals surface area (Å²) in [4.78, 5) is 8.76. The van der Waals surface area contributed by atoms with Gasteiger partial charge >= 0.3 is 0 Å². The summed E-state index contributed by atoms with van der Waals surface area (Å²) in [6.07, 6.45) is 4.93. The Balaban J connectivity index is 1.82. The van der Waals surface area contributed by atoms with Gasteiger partial charge in [-0.2, -0.15) is 0 Å². The van der Waals surface area contributed by atoms with Crippen LogP contribution in [-0.4, -0.2) is 29.2 Å². The van der Waals surface area contributed by atoms with E-state index in [-0.39, 0.29) is 5.03 Å². The molecule has 0 amide bonds. The number of nitrogens with zero attached hydrogens (tertiary/aromatic N) is 3. The maximum absolute atomic E-state index is 11.5. The van der Waals surface area contributed by atoms with Gasteiger partial charge in [-0.3, -0.25) is 0 Å². The topological polar surface area (TPSA) is 64.8 Å². The third-order valence-corrected chi connectivity index (χ3v) is 5.44. The van der Waals surface area contributed by atoms with Crippen LogP contribution in [0.1, 0.15) is 25.2 Å². The summed E-state index contributed by atoms with van der Waals surface area (Å²) < 4.78 is 25.3. The van der Waals surface area contributed by atoms with Gasteiger partial charge in [0.2, 0.25) is 0 Å². The van der Waals surface area contributed by atoms with Crippen LogP contribution in [0.3, 0.4) is 0 Å². The van der Waals surface area contributed by atoms with Gasteiger partial charge in [-0.15, -0.1) is 0 Å². The van der Waals surface area contributed by atoms with Gasteiger partial charge in [0.1, 0.15) is 5.82 Å². The number of pyridine rings is 1. The molecule has 0 unspecified atom stereocenters. The van der Waals surface area contributed by atoms with Gasteiger partial charge in [0.05, 0.1) is 11.0 Å². The fourth-order valence-corrected chi connectivity index (χ4v) is 3.79. The molecule has 0 N–H and O–H groups in total. The molecule has 6 heteroatoms. The minimum atomic E-state index is -3.27. The zero-order valence-electron chi connectivity index (χ0n) is 13.0. The van der Waals surface area contributed by atoms with Crippen LogP contribution in [0.4, 0.5) is 0 Å². The Morgan fingerprint density at radius 3 is 2.65 bits per heavy atom. The molecule has 4 rings (SSSR count). The van der Waals surface area contributed by atoms with Gasteiger partial charge in [-0.1, -0.05) is 6.07 Å². The fourth-order valence-electron chi connectivity index (χ4n) is 3.23. The Bertz CT molecular complexity index is 1000. The Morgan fingerprint density at radius 1 is 1.17 bits per heavy atom. The van der Waals surface area contributed by atoms with E-state index >= 15 is 0 Å². The van der Waals surface area contributed by atoms with Crippen molar-refractivity contribution in [3.8, 4) is 11.1 Å². The molecule has 2 aromatic heterocycles. The molecule has 1 aliphatic rings. The molecule has 0 radical (unpaired) electrons. The van der Waals surface area contributed by atoms with Crippen LogP contribution < -0.4 is 0 Å². The number of imidazole rings is 1. The van der Waals surface area contributed by atoms with Crippen LogP contribution in [0, 0.1) is 0 Å². The van der Waals surface area contributed by atoms with Crippen molar-refractivity contribution in [3.63, 3.8) is 0 Å². The Morgan fingerprint density at radius 2 is 1.96 bits per heavy atom. The number of aryl methyl sites for hydroxylation is 1. The van der Waals surface area contributed by atoms with Crippen molar-refractivity contribution in [1.82, 2.24) is 14.5 Å². The predicted molar refractivity (Wildman–Crippen MR) is 89.1 cm³/mol. The summed E-state index contributed by atoms with van der Waals surface area (Å²) in [5.41, 5.74) is 4.07. The molecule has 0 aliphatic carbocycles.